The first-order valence-electron chi connectivity index (χ1n) is 13.6. The Morgan fingerprint density at radius 1 is 1.13 bits per heavy atom. The van der Waals surface area contributed by atoms with Gasteiger partial charge in [-0.25, -0.2) is 9.59 Å². The molecule has 0 aliphatic carbocycles. The van der Waals surface area contributed by atoms with E-state index >= 15 is 0 Å². The molecule has 1 aliphatic heterocycles. The smallest absolute Gasteiger partial charge is 0.407 e. The molecule has 8 nitrogen and oxygen atoms in total. The Hall–Kier alpha value is -3.39. The van der Waals surface area contributed by atoms with Crippen LogP contribution in [0.5, 0.6) is 0 Å². The maximum Gasteiger partial charge on any atom is 0.407 e. The second kappa shape index (κ2) is 12.6. The molecule has 1 fully saturated rings. The Balaban J connectivity index is 1.90. The van der Waals surface area contributed by atoms with Crippen LogP contribution in [-0.2, 0) is 20.9 Å². The number of aromatic nitrogens is 1. The van der Waals surface area contributed by atoms with Crippen molar-refractivity contribution in [3.05, 3.63) is 64.5 Å². The number of carbonyl (C=O) groups is 2. The third-order valence-electron chi connectivity index (χ3n) is 6.88. The van der Waals surface area contributed by atoms with Gasteiger partial charge in [-0.05, 0) is 58.4 Å². The molecular weight excluding hydrogens is 494 g/mol. The van der Waals surface area contributed by atoms with Gasteiger partial charge in [-0.15, -0.1) is 0 Å². The molecule has 0 spiro atoms. The third kappa shape index (κ3) is 8.55. The lowest BCUT2D eigenvalue weighted by atomic mass is 9.82. The van der Waals surface area contributed by atoms with Gasteiger partial charge in [0.05, 0.1) is 11.3 Å². The molecule has 2 heterocycles. The van der Waals surface area contributed by atoms with E-state index in [-0.39, 0.29) is 18.6 Å². The van der Waals surface area contributed by atoms with Crippen molar-refractivity contribution in [1.82, 2.24) is 10.3 Å². The molecule has 1 aliphatic rings. The summed E-state index contributed by atoms with van der Waals surface area (Å²) in [5, 5.41) is 13.0. The van der Waals surface area contributed by atoms with Crippen LogP contribution in [0, 0.1) is 19.3 Å². The number of alkyl carbamates (subject to hydrolysis) is 1. The fourth-order valence-electron chi connectivity index (χ4n) is 4.73. The van der Waals surface area contributed by atoms with Crippen LogP contribution in [-0.4, -0.2) is 47.4 Å². The molecule has 0 bridgehead atoms. The van der Waals surface area contributed by atoms with Gasteiger partial charge in [0.15, 0.2) is 6.10 Å². The molecule has 8 heteroatoms. The van der Waals surface area contributed by atoms with Crippen LogP contribution in [0.1, 0.15) is 81.6 Å². The van der Waals surface area contributed by atoms with Gasteiger partial charge < -0.3 is 24.8 Å². The average molecular weight is 538 g/mol. The van der Waals surface area contributed by atoms with Crippen molar-refractivity contribution >= 4 is 23.8 Å². The highest BCUT2D eigenvalue weighted by Gasteiger charge is 2.35. The van der Waals surface area contributed by atoms with Crippen LogP contribution >= 0.6 is 0 Å². The normalized spacial score (nSPS) is 16.2. The fourth-order valence-corrected chi connectivity index (χ4v) is 4.73. The van der Waals surface area contributed by atoms with Crippen molar-refractivity contribution in [3.8, 4) is 0 Å². The number of piperidine rings is 1. The van der Waals surface area contributed by atoms with E-state index in [4.69, 9.17) is 14.5 Å². The number of anilines is 1. The van der Waals surface area contributed by atoms with Crippen molar-refractivity contribution in [1.29, 1.82) is 0 Å². The number of ether oxygens (including phenoxy) is 2. The summed E-state index contributed by atoms with van der Waals surface area (Å²) in [6.07, 6.45) is 4.05. The molecule has 1 aromatic heterocycles. The topological polar surface area (TPSA) is 101 Å². The van der Waals surface area contributed by atoms with Crippen molar-refractivity contribution in [3.63, 3.8) is 0 Å². The van der Waals surface area contributed by atoms with Crippen molar-refractivity contribution < 1.29 is 24.2 Å². The van der Waals surface area contributed by atoms with Gasteiger partial charge in [-0.1, -0.05) is 56.3 Å². The zero-order chi connectivity index (χ0) is 28.8. The van der Waals surface area contributed by atoms with Crippen LogP contribution in [0.15, 0.2) is 36.4 Å². The van der Waals surface area contributed by atoms with Gasteiger partial charge in [0.1, 0.15) is 6.61 Å². The Labute approximate surface area is 232 Å². The van der Waals surface area contributed by atoms with E-state index in [0.717, 1.165) is 48.4 Å². The monoisotopic (exact) mass is 537 g/mol. The number of aliphatic carboxylic acids is 1. The lowest BCUT2D eigenvalue weighted by molar-refractivity contribution is -0.160. The standard InChI is InChI=1S/C31H43N3O5/c1-21-24(14-11-17-32-29(37)38-20-23-12-9-8-10-13-23)26(34-18-15-31(6,7)16-19-34)25(22(2)33-21)27(28(35)36)39-30(3,4)5/h8-14,27H,15-20H2,1-7H3,(H,32,37)(H,35,36)/b14-11+/t27-/m0/s1. The molecule has 2 N–H and O–H groups in total. The summed E-state index contributed by atoms with van der Waals surface area (Å²) in [5.74, 6) is -1.05. The zero-order valence-electron chi connectivity index (χ0n) is 24.3. The van der Waals surface area contributed by atoms with Gasteiger partial charge >= 0.3 is 12.1 Å². The highest BCUT2D eigenvalue weighted by molar-refractivity contribution is 5.82. The summed E-state index contributed by atoms with van der Waals surface area (Å²) in [6, 6.07) is 9.50. The number of amides is 1. The molecule has 2 aromatic rings. The summed E-state index contributed by atoms with van der Waals surface area (Å²) in [7, 11) is 0. The number of rotatable bonds is 9. The second-order valence-corrected chi connectivity index (χ2v) is 11.9. The van der Waals surface area contributed by atoms with E-state index in [2.05, 4.69) is 24.1 Å². The van der Waals surface area contributed by atoms with Crippen molar-refractivity contribution in [2.24, 2.45) is 5.41 Å². The van der Waals surface area contributed by atoms with Gasteiger partial charge in [0, 0.05) is 42.1 Å². The Morgan fingerprint density at radius 2 is 1.77 bits per heavy atom. The predicted octanol–water partition coefficient (Wildman–Crippen LogP) is 6.21. The Morgan fingerprint density at radius 3 is 2.36 bits per heavy atom. The number of nitrogens with zero attached hydrogens (tertiary/aromatic N) is 2. The van der Waals surface area contributed by atoms with Crippen LogP contribution in [0.3, 0.4) is 0 Å². The van der Waals surface area contributed by atoms with Crippen molar-refractivity contribution in [2.75, 3.05) is 24.5 Å². The van der Waals surface area contributed by atoms with Gasteiger partial charge in [-0.2, -0.15) is 0 Å². The summed E-state index contributed by atoms with van der Waals surface area (Å²) in [4.78, 5) is 31.7. The first-order chi connectivity index (χ1) is 18.3. The SMILES string of the molecule is Cc1nc(C)c([C@H](OC(C)(C)C)C(=O)O)c(N2CCC(C)(C)CC2)c1/C=C/CNC(=O)OCc1ccccc1. The molecule has 1 saturated heterocycles. The lowest BCUT2D eigenvalue weighted by Gasteiger charge is -2.41. The summed E-state index contributed by atoms with van der Waals surface area (Å²) in [5.41, 5.74) is 4.16. The molecule has 3 rings (SSSR count). The summed E-state index contributed by atoms with van der Waals surface area (Å²) in [6.45, 7) is 15.9. The average Bonchev–Trinajstić information content (AvgIpc) is 2.85. The largest absolute Gasteiger partial charge is 0.479 e. The number of carboxylic acid groups (broad SMARTS) is 1. The number of pyridine rings is 1. The fraction of sp³-hybridized carbons (Fsp3) is 0.516. The third-order valence-corrected chi connectivity index (χ3v) is 6.88. The summed E-state index contributed by atoms with van der Waals surface area (Å²) < 4.78 is 11.4. The zero-order valence-corrected chi connectivity index (χ0v) is 24.3. The minimum Gasteiger partial charge on any atom is -0.479 e. The first-order valence-corrected chi connectivity index (χ1v) is 13.6. The molecule has 0 saturated carbocycles. The van der Waals surface area contributed by atoms with Crippen LogP contribution in [0.25, 0.3) is 6.08 Å². The molecular formula is C31H43N3O5. The van der Waals surface area contributed by atoms with Crippen LogP contribution < -0.4 is 10.2 Å². The second-order valence-electron chi connectivity index (χ2n) is 11.9. The number of carboxylic acids is 1. The minimum atomic E-state index is -1.17. The number of hydrogen-bond donors (Lipinski definition) is 2. The number of benzene rings is 1. The van der Waals surface area contributed by atoms with E-state index in [9.17, 15) is 14.7 Å². The summed E-state index contributed by atoms with van der Waals surface area (Å²) >= 11 is 0. The molecule has 1 amide bonds. The number of aryl methyl sites for hydroxylation is 2. The molecule has 212 valence electrons. The number of carbonyl (C=O) groups excluding carboxylic acids is 1. The van der Waals surface area contributed by atoms with Gasteiger partial charge in [-0.3, -0.25) is 4.98 Å². The molecule has 0 unspecified atom stereocenters. The highest BCUT2D eigenvalue weighted by Crippen LogP contribution is 2.41. The van der Waals surface area contributed by atoms with Crippen molar-refractivity contribution in [2.45, 2.75) is 79.6 Å². The Kier molecular flexibility index (Phi) is 9.78. The highest BCUT2D eigenvalue weighted by atomic mass is 16.5. The quantitative estimate of drug-likeness (QED) is 0.392. The molecule has 39 heavy (non-hydrogen) atoms. The van der Waals surface area contributed by atoms with E-state index in [1.807, 2.05) is 77.1 Å². The first kappa shape index (κ1) is 30.2. The van der Waals surface area contributed by atoms with E-state index in [1.54, 1.807) is 0 Å². The van der Waals surface area contributed by atoms with E-state index in [1.165, 1.54) is 0 Å². The molecule has 1 atom stereocenters. The van der Waals surface area contributed by atoms with Gasteiger partial charge in [0.2, 0.25) is 0 Å². The minimum absolute atomic E-state index is 0.195. The lowest BCUT2D eigenvalue weighted by Crippen LogP contribution is -2.39. The number of hydrogen-bond acceptors (Lipinski definition) is 6. The molecule has 1 aromatic carbocycles. The van der Waals surface area contributed by atoms with Gasteiger partial charge in [0.25, 0.3) is 0 Å². The van der Waals surface area contributed by atoms with Crippen LogP contribution in [0.2, 0.25) is 0 Å². The molecule has 0 radical (unpaired) electrons. The number of nitrogens with one attached hydrogen (secondary N) is 1. The Bertz CT molecular complexity index is 1170. The maximum atomic E-state index is 12.5. The van der Waals surface area contributed by atoms with Crippen LogP contribution in [0.4, 0.5) is 10.5 Å². The van der Waals surface area contributed by atoms with E-state index in [0.29, 0.717) is 11.3 Å². The predicted molar refractivity (Wildman–Crippen MR) is 154 cm³/mol. The maximum absolute atomic E-state index is 12.5. The van der Waals surface area contributed by atoms with E-state index < -0.39 is 23.8 Å².